The zero-order valence-electron chi connectivity index (χ0n) is 21.7. The molecular formula is C29H34FN5O2. The van der Waals surface area contributed by atoms with E-state index in [1.807, 2.05) is 13.0 Å². The zero-order chi connectivity index (χ0) is 26.9. The van der Waals surface area contributed by atoms with Crippen molar-refractivity contribution in [1.82, 2.24) is 4.90 Å². The molecule has 0 aliphatic carbocycles. The quantitative estimate of drug-likeness (QED) is 0.154. The van der Waals surface area contributed by atoms with Gasteiger partial charge in [-0.25, -0.2) is 4.39 Å². The van der Waals surface area contributed by atoms with E-state index in [0.29, 0.717) is 39.8 Å². The lowest BCUT2D eigenvalue weighted by atomic mass is 10.1. The minimum Gasteiger partial charge on any atom is -0.438 e. The summed E-state index contributed by atoms with van der Waals surface area (Å²) >= 11 is 0. The van der Waals surface area contributed by atoms with Crippen LogP contribution in [-0.4, -0.2) is 49.9 Å². The van der Waals surface area contributed by atoms with Crippen molar-refractivity contribution in [3.63, 3.8) is 0 Å². The molecule has 2 aromatic rings. The molecule has 1 amide bonds. The fourth-order valence-electron chi connectivity index (χ4n) is 3.80. The first-order chi connectivity index (χ1) is 17.7. The van der Waals surface area contributed by atoms with Crippen molar-refractivity contribution in [3.8, 4) is 5.75 Å². The fourth-order valence-corrected chi connectivity index (χ4v) is 3.80. The van der Waals surface area contributed by atoms with Crippen LogP contribution in [-0.2, 0) is 4.79 Å². The van der Waals surface area contributed by atoms with E-state index in [1.165, 1.54) is 12.1 Å². The van der Waals surface area contributed by atoms with Crippen LogP contribution in [0, 0.1) is 5.82 Å². The SMILES string of the molecule is C=CC(=O)Nc1cccc(OC(/N=C(\C)Nc2ccc(N3CCN(C)CC3)c(F)c2)=C(\C=C)C(=C)C)c1. The molecule has 2 N–H and O–H groups in total. The van der Waals surface area contributed by atoms with Crippen LogP contribution < -0.4 is 20.3 Å². The number of allylic oxidation sites excluding steroid dienone is 3. The monoisotopic (exact) mass is 503 g/mol. The number of likely N-dealkylation sites (N-methyl/N-ethyl adjacent to an activating group) is 1. The van der Waals surface area contributed by atoms with E-state index in [2.05, 4.69) is 52.2 Å². The summed E-state index contributed by atoms with van der Waals surface area (Å²) in [5.74, 6) is 0.580. The van der Waals surface area contributed by atoms with Gasteiger partial charge in [0, 0.05) is 49.2 Å². The van der Waals surface area contributed by atoms with Crippen molar-refractivity contribution >= 4 is 28.8 Å². The van der Waals surface area contributed by atoms with Crippen LogP contribution in [0.4, 0.5) is 21.5 Å². The summed E-state index contributed by atoms with van der Waals surface area (Å²) in [5.41, 5.74) is 3.03. The molecule has 2 aromatic carbocycles. The molecule has 7 nitrogen and oxygen atoms in total. The number of anilines is 3. The highest BCUT2D eigenvalue weighted by molar-refractivity contribution is 5.99. The topological polar surface area (TPSA) is 69.2 Å². The van der Waals surface area contributed by atoms with Crippen molar-refractivity contribution < 1.29 is 13.9 Å². The van der Waals surface area contributed by atoms with Crippen LogP contribution in [0.1, 0.15) is 13.8 Å². The number of rotatable bonds is 9. The van der Waals surface area contributed by atoms with Crippen LogP contribution in [0.2, 0.25) is 0 Å². The van der Waals surface area contributed by atoms with Gasteiger partial charge in [-0.05, 0) is 62.9 Å². The molecule has 0 atom stereocenters. The average molecular weight is 504 g/mol. The minimum absolute atomic E-state index is 0.259. The number of carbonyl (C=O) groups excluding carboxylic acids is 1. The third kappa shape index (κ3) is 7.65. The number of hydrogen-bond donors (Lipinski definition) is 2. The van der Waals surface area contributed by atoms with Crippen molar-refractivity contribution in [2.75, 3.05) is 48.8 Å². The van der Waals surface area contributed by atoms with Gasteiger partial charge in [-0.15, -0.1) is 0 Å². The second-order valence-corrected chi connectivity index (χ2v) is 8.81. The van der Waals surface area contributed by atoms with Crippen LogP contribution in [0.15, 0.2) is 96.4 Å². The van der Waals surface area contributed by atoms with Crippen molar-refractivity contribution in [2.24, 2.45) is 4.99 Å². The van der Waals surface area contributed by atoms with E-state index in [9.17, 15) is 9.18 Å². The molecule has 8 heteroatoms. The maximum Gasteiger partial charge on any atom is 0.247 e. The molecule has 1 fully saturated rings. The average Bonchev–Trinajstić information content (AvgIpc) is 2.85. The van der Waals surface area contributed by atoms with Gasteiger partial charge in [0.05, 0.1) is 5.69 Å². The van der Waals surface area contributed by atoms with Crippen molar-refractivity contribution in [3.05, 3.63) is 97.2 Å². The molecule has 1 heterocycles. The van der Waals surface area contributed by atoms with Gasteiger partial charge in [0.1, 0.15) is 17.4 Å². The predicted octanol–water partition coefficient (Wildman–Crippen LogP) is 5.59. The number of amides is 1. The number of amidine groups is 1. The molecule has 0 spiro atoms. The Kier molecular flexibility index (Phi) is 9.40. The van der Waals surface area contributed by atoms with Gasteiger partial charge in [0.25, 0.3) is 0 Å². The van der Waals surface area contributed by atoms with Crippen LogP contribution in [0.3, 0.4) is 0 Å². The second kappa shape index (κ2) is 12.7. The van der Waals surface area contributed by atoms with E-state index in [1.54, 1.807) is 43.3 Å². The normalized spacial score (nSPS) is 14.9. The standard InChI is InChI=1S/C29H34FN5O2/c1-7-25(20(3)4)29(37-24-11-9-10-22(18-24)33-28(36)8-2)32-21(5)31-23-12-13-27(26(30)19-23)35-16-14-34(6)15-17-35/h7-13,18-19H,1-3,14-17H2,4-6H3,(H,31,32)(H,33,36)/b29-25+. The number of carbonyl (C=O) groups is 1. The highest BCUT2D eigenvalue weighted by Crippen LogP contribution is 2.26. The first-order valence-corrected chi connectivity index (χ1v) is 12.0. The fraction of sp³-hybridized carbons (Fsp3) is 0.241. The highest BCUT2D eigenvalue weighted by atomic mass is 19.1. The van der Waals surface area contributed by atoms with Gasteiger partial charge in [0.2, 0.25) is 11.8 Å². The molecule has 0 unspecified atom stereocenters. The largest absolute Gasteiger partial charge is 0.438 e. The summed E-state index contributed by atoms with van der Waals surface area (Å²) in [6, 6.07) is 12.0. The molecule has 1 saturated heterocycles. The Hall–Kier alpha value is -4.17. The zero-order valence-corrected chi connectivity index (χ0v) is 21.7. The minimum atomic E-state index is -0.328. The number of halogens is 1. The Balaban J connectivity index is 1.82. The molecule has 0 aromatic heterocycles. The molecule has 0 bridgehead atoms. The number of ether oxygens (including phenoxy) is 1. The van der Waals surface area contributed by atoms with Gasteiger partial charge in [0.15, 0.2) is 0 Å². The predicted molar refractivity (Wildman–Crippen MR) is 151 cm³/mol. The van der Waals surface area contributed by atoms with E-state index >= 15 is 0 Å². The van der Waals surface area contributed by atoms with Gasteiger partial charge in [-0.1, -0.05) is 31.9 Å². The van der Waals surface area contributed by atoms with Crippen LogP contribution in [0.5, 0.6) is 5.75 Å². The van der Waals surface area contributed by atoms with Crippen LogP contribution >= 0.6 is 0 Å². The number of aliphatic imine (C=N–C) groups is 1. The summed E-state index contributed by atoms with van der Waals surface area (Å²) in [7, 11) is 2.07. The lowest BCUT2D eigenvalue weighted by molar-refractivity contribution is -0.111. The van der Waals surface area contributed by atoms with E-state index in [0.717, 1.165) is 26.2 Å². The molecule has 194 valence electrons. The first kappa shape index (κ1) is 27.4. The summed E-state index contributed by atoms with van der Waals surface area (Å²) < 4.78 is 21.0. The van der Waals surface area contributed by atoms with Gasteiger partial charge < -0.3 is 25.2 Å². The smallest absolute Gasteiger partial charge is 0.247 e. The molecule has 0 saturated carbocycles. The third-order valence-corrected chi connectivity index (χ3v) is 5.78. The lowest BCUT2D eigenvalue weighted by Crippen LogP contribution is -2.44. The molecule has 0 radical (unpaired) electrons. The number of nitrogens with zero attached hydrogens (tertiary/aromatic N) is 3. The number of hydrogen-bond acceptors (Lipinski definition) is 5. The molecule has 1 aliphatic rings. The van der Waals surface area contributed by atoms with Gasteiger partial charge in [-0.2, -0.15) is 4.99 Å². The Labute approximate surface area is 218 Å². The Morgan fingerprint density at radius 1 is 1.03 bits per heavy atom. The Morgan fingerprint density at radius 3 is 2.35 bits per heavy atom. The third-order valence-electron chi connectivity index (χ3n) is 5.78. The van der Waals surface area contributed by atoms with Crippen LogP contribution in [0.25, 0.3) is 0 Å². The molecular weight excluding hydrogens is 469 g/mol. The summed E-state index contributed by atoms with van der Waals surface area (Å²) in [5, 5.41) is 5.84. The number of nitrogens with one attached hydrogen (secondary N) is 2. The lowest BCUT2D eigenvalue weighted by Gasteiger charge is -2.34. The summed E-state index contributed by atoms with van der Waals surface area (Å²) in [6.07, 6.45) is 2.80. The van der Waals surface area contributed by atoms with E-state index in [4.69, 9.17) is 4.74 Å². The van der Waals surface area contributed by atoms with Crippen molar-refractivity contribution in [2.45, 2.75) is 13.8 Å². The summed E-state index contributed by atoms with van der Waals surface area (Å²) in [6.45, 7) is 18.3. The second-order valence-electron chi connectivity index (χ2n) is 8.81. The van der Waals surface area contributed by atoms with E-state index in [-0.39, 0.29) is 17.6 Å². The molecule has 37 heavy (non-hydrogen) atoms. The van der Waals surface area contributed by atoms with Gasteiger partial charge in [-0.3, -0.25) is 4.79 Å². The molecule has 1 aliphatic heterocycles. The number of piperazine rings is 1. The maximum absolute atomic E-state index is 14.9. The maximum atomic E-state index is 14.9. The van der Waals surface area contributed by atoms with Gasteiger partial charge >= 0.3 is 0 Å². The molecule has 3 rings (SSSR count). The number of benzene rings is 2. The highest BCUT2D eigenvalue weighted by Gasteiger charge is 2.17. The summed E-state index contributed by atoms with van der Waals surface area (Å²) in [4.78, 5) is 20.6. The Morgan fingerprint density at radius 2 is 1.73 bits per heavy atom. The first-order valence-electron chi connectivity index (χ1n) is 12.0. The Bertz CT molecular complexity index is 1240. The van der Waals surface area contributed by atoms with Crippen molar-refractivity contribution in [1.29, 1.82) is 0 Å². The van der Waals surface area contributed by atoms with E-state index < -0.39 is 0 Å².